The number of nitrogens with zero attached hydrogens (tertiary/aromatic N) is 2. The van der Waals surface area contributed by atoms with Gasteiger partial charge in [-0.3, -0.25) is 9.78 Å². The molecule has 0 aliphatic heterocycles. The Hall–Kier alpha value is -2.76. The van der Waals surface area contributed by atoms with E-state index in [1.165, 1.54) is 11.8 Å². The van der Waals surface area contributed by atoms with E-state index in [0.29, 0.717) is 29.6 Å². The van der Waals surface area contributed by atoms with Crippen molar-refractivity contribution < 1.29 is 19.4 Å². The Balaban J connectivity index is 1.61. The van der Waals surface area contributed by atoms with Gasteiger partial charge in [0, 0.05) is 12.0 Å². The summed E-state index contributed by atoms with van der Waals surface area (Å²) in [5.74, 6) is -0.308. The van der Waals surface area contributed by atoms with E-state index in [-0.39, 0.29) is 11.7 Å². The monoisotopic (exact) mass is 410 g/mol. The lowest BCUT2D eigenvalue weighted by Gasteiger charge is -2.29. The van der Waals surface area contributed by atoms with E-state index in [0.717, 1.165) is 31.2 Å². The predicted octanol–water partition coefficient (Wildman–Crippen LogP) is 5.16. The van der Waals surface area contributed by atoms with Gasteiger partial charge in [-0.1, -0.05) is 24.3 Å². The molecule has 0 spiro atoms. The number of benzene rings is 1. The van der Waals surface area contributed by atoms with Crippen LogP contribution < -0.4 is 0 Å². The minimum absolute atomic E-state index is 0.0528. The summed E-state index contributed by atoms with van der Waals surface area (Å²) in [6.45, 7) is 7.52. The van der Waals surface area contributed by atoms with E-state index < -0.39 is 11.6 Å². The topological polar surface area (TPSA) is 89.4 Å². The zero-order chi connectivity index (χ0) is 21.9. The maximum Gasteiger partial charge on any atom is 0.356 e. The summed E-state index contributed by atoms with van der Waals surface area (Å²) in [7, 11) is 0. The normalized spacial score (nSPS) is 19.3. The van der Waals surface area contributed by atoms with Gasteiger partial charge in [0.2, 0.25) is 0 Å². The summed E-state index contributed by atoms with van der Waals surface area (Å²) in [5, 5.41) is 9.16. The number of carboxylic acid groups (broad SMARTS) is 1. The molecule has 0 unspecified atom stereocenters. The first-order valence-corrected chi connectivity index (χ1v) is 10.5. The van der Waals surface area contributed by atoms with Crippen LogP contribution in [0.1, 0.15) is 80.5 Å². The second kappa shape index (κ2) is 8.94. The molecular weight excluding hydrogens is 380 g/mol. The molecule has 1 N–H and O–H groups in total. The molecule has 1 aromatic carbocycles. The molecule has 6 heteroatoms. The van der Waals surface area contributed by atoms with E-state index in [4.69, 9.17) is 9.84 Å². The predicted molar refractivity (Wildman–Crippen MR) is 114 cm³/mol. The van der Waals surface area contributed by atoms with Gasteiger partial charge in [0.15, 0.2) is 5.69 Å². The van der Waals surface area contributed by atoms with Gasteiger partial charge < -0.3 is 9.84 Å². The van der Waals surface area contributed by atoms with Gasteiger partial charge in [-0.25, -0.2) is 9.78 Å². The van der Waals surface area contributed by atoms with Gasteiger partial charge in [0.25, 0.3) is 0 Å². The molecule has 1 aromatic heterocycles. The largest absolute Gasteiger partial charge is 0.476 e. The lowest BCUT2D eigenvalue weighted by atomic mass is 9.77. The molecule has 0 amide bonds. The number of hydrogen-bond donors (Lipinski definition) is 1. The minimum atomic E-state index is -1.08. The van der Waals surface area contributed by atoms with Crippen LogP contribution in [0.25, 0.3) is 11.3 Å². The third-order valence-electron chi connectivity index (χ3n) is 5.55. The number of rotatable bonds is 5. The van der Waals surface area contributed by atoms with Crippen molar-refractivity contribution in [3.8, 4) is 11.3 Å². The number of aromatic nitrogens is 2. The van der Waals surface area contributed by atoms with Gasteiger partial charge in [-0.05, 0) is 70.8 Å². The zero-order valence-electron chi connectivity index (χ0n) is 18.1. The fourth-order valence-electron chi connectivity index (χ4n) is 4.06. The molecule has 3 rings (SSSR count). The summed E-state index contributed by atoms with van der Waals surface area (Å²) >= 11 is 0. The van der Waals surface area contributed by atoms with E-state index in [1.54, 1.807) is 0 Å². The molecule has 0 saturated heterocycles. The number of hydrogen-bond acceptors (Lipinski definition) is 5. The number of aryl methyl sites for hydroxylation is 1. The number of carbonyl (C=O) groups is 2. The van der Waals surface area contributed by atoms with Crippen LogP contribution in [0.2, 0.25) is 0 Å². The first-order valence-electron chi connectivity index (χ1n) is 10.5. The van der Waals surface area contributed by atoms with Crippen molar-refractivity contribution in [2.75, 3.05) is 0 Å². The number of carbonyl (C=O) groups excluding carboxylic acids is 1. The lowest BCUT2D eigenvalue weighted by molar-refractivity contribution is -0.156. The molecule has 6 nitrogen and oxygen atoms in total. The maximum absolute atomic E-state index is 12.1. The SMILES string of the molecule is Cc1ncc(C(=O)O)nc1-c1ccc([C@H]2CC[C@H](CC(=O)OC(C)(C)C)CC2)cc1. The van der Waals surface area contributed by atoms with Crippen molar-refractivity contribution in [2.45, 2.75) is 71.3 Å². The van der Waals surface area contributed by atoms with Crippen molar-refractivity contribution in [3.63, 3.8) is 0 Å². The standard InChI is InChI=1S/C24H30N2O4/c1-15-22(26-20(14-25-15)23(28)29)19-11-9-18(10-12-19)17-7-5-16(6-8-17)13-21(27)30-24(2,3)4/h9-12,14,16-17H,5-8,13H2,1-4H3,(H,28,29)/t16-,17-. The van der Waals surface area contributed by atoms with Gasteiger partial charge in [-0.15, -0.1) is 0 Å². The summed E-state index contributed by atoms with van der Waals surface area (Å²) in [4.78, 5) is 31.7. The highest BCUT2D eigenvalue weighted by atomic mass is 16.6. The van der Waals surface area contributed by atoms with Crippen molar-refractivity contribution in [3.05, 3.63) is 47.4 Å². The molecule has 2 aromatic rings. The molecule has 160 valence electrons. The first kappa shape index (κ1) is 21.9. The highest BCUT2D eigenvalue weighted by Crippen LogP contribution is 2.38. The van der Waals surface area contributed by atoms with Gasteiger partial charge in [-0.2, -0.15) is 0 Å². The van der Waals surface area contributed by atoms with Crippen LogP contribution >= 0.6 is 0 Å². The molecule has 0 radical (unpaired) electrons. The number of aromatic carboxylic acids is 1. The number of esters is 1. The molecule has 30 heavy (non-hydrogen) atoms. The fraction of sp³-hybridized carbons (Fsp3) is 0.500. The van der Waals surface area contributed by atoms with Crippen molar-refractivity contribution in [2.24, 2.45) is 5.92 Å². The van der Waals surface area contributed by atoms with Crippen molar-refractivity contribution in [1.82, 2.24) is 9.97 Å². The molecule has 1 heterocycles. The average molecular weight is 411 g/mol. The second-order valence-corrected chi connectivity index (χ2v) is 9.12. The van der Waals surface area contributed by atoms with Gasteiger partial charge >= 0.3 is 11.9 Å². The lowest BCUT2D eigenvalue weighted by Crippen LogP contribution is -2.26. The number of carboxylic acids is 1. The van der Waals surface area contributed by atoms with E-state index in [2.05, 4.69) is 22.1 Å². The summed E-state index contributed by atoms with van der Waals surface area (Å²) < 4.78 is 5.45. The van der Waals surface area contributed by atoms with Crippen LogP contribution in [-0.4, -0.2) is 32.6 Å². The highest BCUT2D eigenvalue weighted by Gasteiger charge is 2.26. The molecule has 1 saturated carbocycles. The number of ether oxygens (including phenoxy) is 1. The van der Waals surface area contributed by atoms with Crippen LogP contribution in [0.15, 0.2) is 30.5 Å². The molecular formula is C24H30N2O4. The van der Waals surface area contributed by atoms with E-state index in [9.17, 15) is 9.59 Å². The Morgan fingerprint density at radius 3 is 2.30 bits per heavy atom. The van der Waals surface area contributed by atoms with Gasteiger partial charge in [0.05, 0.1) is 17.6 Å². The van der Waals surface area contributed by atoms with Crippen LogP contribution in [0.4, 0.5) is 0 Å². The zero-order valence-corrected chi connectivity index (χ0v) is 18.1. The Labute approximate surface area is 177 Å². The fourth-order valence-corrected chi connectivity index (χ4v) is 4.06. The Bertz CT molecular complexity index is 908. The Kier molecular flexibility index (Phi) is 6.54. The van der Waals surface area contributed by atoms with Crippen LogP contribution in [-0.2, 0) is 9.53 Å². The molecule has 1 aliphatic carbocycles. The second-order valence-electron chi connectivity index (χ2n) is 9.12. The first-order chi connectivity index (χ1) is 14.1. The minimum Gasteiger partial charge on any atom is -0.476 e. The third-order valence-corrected chi connectivity index (χ3v) is 5.55. The summed E-state index contributed by atoms with van der Waals surface area (Å²) in [6, 6.07) is 8.18. The van der Waals surface area contributed by atoms with Crippen molar-refractivity contribution in [1.29, 1.82) is 0 Å². The maximum atomic E-state index is 12.1. The average Bonchev–Trinajstić information content (AvgIpc) is 2.67. The Morgan fingerprint density at radius 1 is 1.10 bits per heavy atom. The van der Waals surface area contributed by atoms with Crippen LogP contribution in [0.3, 0.4) is 0 Å². The third kappa shape index (κ3) is 5.65. The van der Waals surface area contributed by atoms with Crippen LogP contribution in [0, 0.1) is 12.8 Å². The molecule has 1 aliphatic rings. The van der Waals surface area contributed by atoms with E-state index in [1.807, 2.05) is 39.8 Å². The summed E-state index contributed by atoms with van der Waals surface area (Å²) in [6.07, 6.45) is 5.94. The van der Waals surface area contributed by atoms with Crippen LogP contribution in [0.5, 0.6) is 0 Å². The smallest absolute Gasteiger partial charge is 0.356 e. The molecule has 0 atom stereocenters. The molecule has 0 bridgehead atoms. The Morgan fingerprint density at radius 2 is 1.73 bits per heavy atom. The molecule has 1 fully saturated rings. The quantitative estimate of drug-likeness (QED) is 0.685. The summed E-state index contributed by atoms with van der Waals surface area (Å²) in [5.41, 5.74) is 2.96. The van der Waals surface area contributed by atoms with Crippen molar-refractivity contribution >= 4 is 11.9 Å². The van der Waals surface area contributed by atoms with Gasteiger partial charge in [0.1, 0.15) is 5.60 Å². The van der Waals surface area contributed by atoms with E-state index >= 15 is 0 Å². The highest BCUT2D eigenvalue weighted by molar-refractivity contribution is 5.85.